The number of aryl methyl sites for hydroxylation is 2. The lowest BCUT2D eigenvalue weighted by atomic mass is 10.2. The summed E-state index contributed by atoms with van der Waals surface area (Å²) in [6.45, 7) is 3.75. The van der Waals surface area contributed by atoms with Crippen molar-refractivity contribution in [1.82, 2.24) is 24.7 Å². The molecule has 3 rings (SSSR count). The number of halogens is 1. The second-order valence-electron chi connectivity index (χ2n) is 5.69. The zero-order chi connectivity index (χ0) is 18.8. The van der Waals surface area contributed by atoms with E-state index in [4.69, 9.17) is 17.4 Å². The van der Waals surface area contributed by atoms with Gasteiger partial charge in [0.2, 0.25) is 11.1 Å². The van der Waals surface area contributed by atoms with Crippen LogP contribution in [0.15, 0.2) is 29.4 Å². The van der Waals surface area contributed by atoms with E-state index in [0.717, 1.165) is 22.6 Å². The molecule has 1 aromatic carbocycles. The Morgan fingerprint density at radius 2 is 1.96 bits per heavy atom. The van der Waals surface area contributed by atoms with E-state index in [1.807, 2.05) is 33.0 Å². The highest BCUT2D eigenvalue weighted by Crippen LogP contribution is 2.24. The smallest absolute Gasteiger partial charge is 0.234 e. The minimum atomic E-state index is -0.162. The van der Waals surface area contributed by atoms with Crippen LogP contribution in [0.25, 0.3) is 11.4 Å². The molecular formula is C16H18ClN7OS. The summed E-state index contributed by atoms with van der Waals surface area (Å²) in [5, 5.41) is 16.4. The van der Waals surface area contributed by atoms with E-state index in [0.29, 0.717) is 16.0 Å². The molecular weight excluding hydrogens is 374 g/mol. The zero-order valence-corrected chi connectivity index (χ0v) is 16.1. The number of benzene rings is 1. The van der Waals surface area contributed by atoms with Crippen molar-refractivity contribution in [2.24, 2.45) is 7.05 Å². The quantitative estimate of drug-likeness (QED) is 0.511. The van der Waals surface area contributed by atoms with Crippen molar-refractivity contribution in [1.29, 1.82) is 0 Å². The molecule has 0 aliphatic rings. The molecule has 0 saturated heterocycles. The summed E-state index contributed by atoms with van der Waals surface area (Å²) in [5.41, 5.74) is 3.19. The van der Waals surface area contributed by atoms with Crippen LogP contribution in [0.4, 0.5) is 5.69 Å². The average molecular weight is 392 g/mol. The maximum absolute atomic E-state index is 12.2. The summed E-state index contributed by atoms with van der Waals surface area (Å²) in [5.74, 6) is 6.55. The Morgan fingerprint density at radius 3 is 2.58 bits per heavy atom. The van der Waals surface area contributed by atoms with Crippen molar-refractivity contribution in [2.45, 2.75) is 19.0 Å². The number of hydrogen-bond acceptors (Lipinski definition) is 6. The lowest BCUT2D eigenvalue weighted by molar-refractivity contribution is -0.113. The number of nitrogens with one attached hydrogen (secondary N) is 1. The largest absolute Gasteiger partial charge is 0.335 e. The lowest BCUT2D eigenvalue weighted by Crippen LogP contribution is -2.17. The van der Waals surface area contributed by atoms with Gasteiger partial charge in [0.25, 0.3) is 0 Å². The van der Waals surface area contributed by atoms with Gasteiger partial charge in [0.15, 0.2) is 5.82 Å². The number of carbonyl (C=O) groups excluding carboxylic acids is 1. The van der Waals surface area contributed by atoms with E-state index >= 15 is 0 Å². The fraction of sp³-hybridized carbons (Fsp3) is 0.250. The number of amides is 1. The van der Waals surface area contributed by atoms with Gasteiger partial charge in [-0.3, -0.25) is 9.48 Å². The molecule has 0 radical (unpaired) electrons. The maximum atomic E-state index is 12.2. The number of nitrogens with two attached hydrogens (primary N) is 1. The minimum Gasteiger partial charge on any atom is -0.335 e. The summed E-state index contributed by atoms with van der Waals surface area (Å²) in [4.78, 5) is 12.2. The molecule has 0 saturated carbocycles. The molecule has 10 heteroatoms. The molecule has 26 heavy (non-hydrogen) atoms. The van der Waals surface area contributed by atoms with Crippen LogP contribution in [0.3, 0.4) is 0 Å². The Kier molecular flexibility index (Phi) is 5.19. The summed E-state index contributed by atoms with van der Waals surface area (Å²) < 4.78 is 3.09. The van der Waals surface area contributed by atoms with Crippen molar-refractivity contribution >= 4 is 35.0 Å². The van der Waals surface area contributed by atoms with Crippen LogP contribution in [0.1, 0.15) is 11.4 Å². The molecule has 0 aliphatic heterocycles. The van der Waals surface area contributed by atoms with Gasteiger partial charge >= 0.3 is 0 Å². The topological polar surface area (TPSA) is 104 Å². The first kappa shape index (κ1) is 18.3. The number of thioether (sulfide) groups is 1. The minimum absolute atomic E-state index is 0.156. The Balaban J connectivity index is 1.66. The molecule has 0 aliphatic carbocycles. The van der Waals surface area contributed by atoms with Crippen LogP contribution >= 0.6 is 23.4 Å². The predicted octanol–water partition coefficient (Wildman–Crippen LogP) is 2.39. The molecule has 0 unspecified atom stereocenters. The highest BCUT2D eigenvalue weighted by molar-refractivity contribution is 7.99. The fourth-order valence-electron chi connectivity index (χ4n) is 2.43. The van der Waals surface area contributed by atoms with Gasteiger partial charge in [-0.2, -0.15) is 5.10 Å². The monoisotopic (exact) mass is 391 g/mol. The summed E-state index contributed by atoms with van der Waals surface area (Å²) >= 11 is 7.10. The second kappa shape index (κ2) is 7.38. The number of hydrogen-bond donors (Lipinski definition) is 2. The first-order chi connectivity index (χ1) is 12.4. The molecule has 3 aromatic rings. The number of anilines is 1. The molecule has 0 spiro atoms. The van der Waals surface area contributed by atoms with Gasteiger partial charge in [-0.1, -0.05) is 23.4 Å². The molecule has 8 nitrogen and oxygen atoms in total. The van der Waals surface area contributed by atoms with E-state index in [9.17, 15) is 4.79 Å². The van der Waals surface area contributed by atoms with Gasteiger partial charge in [-0.05, 0) is 38.1 Å². The fourth-order valence-corrected chi connectivity index (χ4v) is 3.21. The Bertz CT molecular complexity index is 948. The highest BCUT2D eigenvalue weighted by Gasteiger charge is 2.16. The Morgan fingerprint density at radius 1 is 1.27 bits per heavy atom. The summed E-state index contributed by atoms with van der Waals surface area (Å²) in [6.07, 6.45) is 0. The van der Waals surface area contributed by atoms with Crippen molar-refractivity contribution in [3.8, 4) is 11.4 Å². The van der Waals surface area contributed by atoms with E-state index in [-0.39, 0.29) is 11.7 Å². The van der Waals surface area contributed by atoms with Crippen molar-refractivity contribution in [3.63, 3.8) is 0 Å². The number of nitrogen functional groups attached to an aromatic ring is 1. The van der Waals surface area contributed by atoms with Gasteiger partial charge in [-0.15, -0.1) is 10.2 Å². The van der Waals surface area contributed by atoms with Gasteiger partial charge in [0.1, 0.15) is 0 Å². The molecule has 1 amide bonds. The van der Waals surface area contributed by atoms with Gasteiger partial charge in [0.05, 0.1) is 22.8 Å². The normalized spacial score (nSPS) is 10.9. The number of rotatable bonds is 5. The van der Waals surface area contributed by atoms with Crippen LogP contribution in [0.5, 0.6) is 0 Å². The van der Waals surface area contributed by atoms with Crippen LogP contribution < -0.4 is 11.2 Å². The van der Waals surface area contributed by atoms with Crippen molar-refractivity contribution in [2.75, 3.05) is 16.9 Å². The number of aromatic nitrogens is 5. The van der Waals surface area contributed by atoms with Gasteiger partial charge in [0, 0.05) is 17.6 Å². The van der Waals surface area contributed by atoms with Crippen LogP contribution in [0.2, 0.25) is 5.02 Å². The first-order valence-corrected chi connectivity index (χ1v) is 9.12. The van der Waals surface area contributed by atoms with Crippen LogP contribution in [0, 0.1) is 13.8 Å². The molecule has 2 aromatic heterocycles. The van der Waals surface area contributed by atoms with E-state index in [1.54, 1.807) is 16.8 Å². The van der Waals surface area contributed by atoms with Gasteiger partial charge in [-0.25, -0.2) is 4.68 Å². The van der Waals surface area contributed by atoms with Crippen molar-refractivity contribution < 1.29 is 4.79 Å². The molecule has 0 bridgehead atoms. The molecule has 136 valence electrons. The summed E-state index contributed by atoms with van der Waals surface area (Å²) in [6, 6.07) is 7.13. The van der Waals surface area contributed by atoms with E-state index in [2.05, 4.69) is 20.6 Å². The SMILES string of the molecule is Cc1nn(C)c(C)c1NC(=O)CSc1nnc(-c2ccc(Cl)cc2)n1N. The third-order valence-corrected chi connectivity index (χ3v) is 5.07. The third kappa shape index (κ3) is 3.68. The van der Waals surface area contributed by atoms with Crippen LogP contribution in [-0.2, 0) is 11.8 Å². The van der Waals surface area contributed by atoms with Crippen LogP contribution in [-0.4, -0.2) is 36.3 Å². The molecule has 3 N–H and O–H groups in total. The Labute approximate surface area is 159 Å². The summed E-state index contributed by atoms with van der Waals surface area (Å²) in [7, 11) is 1.84. The second-order valence-corrected chi connectivity index (χ2v) is 7.07. The van der Waals surface area contributed by atoms with Crippen molar-refractivity contribution in [3.05, 3.63) is 40.7 Å². The maximum Gasteiger partial charge on any atom is 0.234 e. The van der Waals surface area contributed by atoms with E-state index in [1.165, 1.54) is 16.4 Å². The number of carbonyl (C=O) groups is 1. The molecule has 0 atom stereocenters. The molecule has 2 heterocycles. The third-order valence-electron chi connectivity index (χ3n) is 3.87. The zero-order valence-electron chi connectivity index (χ0n) is 14.5. The Hall–Kier alpha value is -2.52. The number of nitrogens with zero attached hydrogens (tertiary/aromatic N) is 5. The predicted molar refractivity (Wildman–Crippen MR) is 103 cm³/mol. The highest BCUT2D eigenvalue weighted by atomic mass is 35.5. The van der Waals surface area contributed by atoms with Gasteiger partial charge < -0.3 is 11.2 Å². The average Bonchev–Trinajstić information content (AvgIpc) is 3.08. The molecule has 0 fully saturated rings. The first-order valence-electron chi connectivity index (χ1n) is 7.76. The standard InChI is InChI=1S/C16H18ClN7OS/c1-9-14(10(2)23(3)22-9)19-13(25)8-26-16-21-20-15(24(16)18)11-4-6-12(17)7-5-11/h4-7H,8,18H2,1-3H3,(H,19,25). The lowest BCUT2D eigenvalue weighted by Gasteiger charge is -2.06. The van der Waals surface area contributed by atoms with E-state index < -0.39 is 0 Å².